The first kappa shape index (κ1) is 27.0. The highest BCUT2D eigenvalue weighted by Crippen LogP contribution is 2.37. The number of hydrogen-bond donors (Lipinski definition) is 2. The van der Waals surface area contributed by atoms with E-state index in [0.29, 0.717) is 27.1 Å². The Balaban J connectivity index is 1.57. The Bertz CT molecular complexity index is 1190. The van der Waals surface area contributed by atoms with Crippen LogP contribution >= 0.6 is 46.7 Å². The predicted octanol–water partition coefficient (Wildman–Crippen LogP) is 4.54. The second-order valence-corrected chi connectivity index (χ2v) is 10.3. The summed E-state index contributed by atoms with van der Waals surface area (Å²) in [4.78, 5) is 37.9. The number of carbonyl (C=O) groups excluding carboxylic acids is 2. The number of thioether (sulfide) groups is 1. The van der Waals surface area contributed by atoms with Gasteiger partial charge in [-0.3, -0.25) is 14.4 Å². The number of aromatic nitrogens is 4. The standard InChI is InChI=1S/C22H21Cl2N5O4S2/c1-13-9-15(23)20(16(24)10-13)35-21-26-28-29(27-21)12-18(30)17(11-19(31)32)25-22(33)34-8-7-14-5-3-2-4-6-14/h2-6,9-10,17H,7-8,11-12H2,1H3,(H,25,33)(H,31,32). The number of aryl methyl sites for hydroxylation is 2. The summed E-state index contributed by atoms with van der Waals surface area (Å²) in [5, 5.41) is 24.1. The summed E-state index contributed by atoms with van der Waals surface area (Å²) >= 11 is 14.6. The van der Waals surface area contributed by atoms with E-state index in [4.69, 9.17) is 23.2 Å². The maximum atomic E-state index is 12.7. The predicted molar refractivity (Wildman–Crippen MR) is 135 cm³/mol. The third-order valence-electron chi connectivity index (χ3n) is 4.59. The summed E-state index contributed by atoms with van der Waals surface area (Å²) in [6, 6.07) is 11.9. The molecule has 1 amide bonds. The van der Waals surface area contributed by atoms with Crippen LogP contribution in [0.4, 0.5) is 4.79 Å². The van der Waals surface area contributed by atoms with E-state index in [1.807, 2.05) is 37.3 Å². The Labute approximate surface area is 219 Å². The molecule has 1 heterocycles. The monoisotopic (exact) mass is 553 g/mol. The number of halogens is 2. The van der Waals surface area contributed by atoms with Crippen molar-refractivity contribution in [1.82, 2.24) is 25.5 Å². The number of tetrazole rings is 1. The number of nitrogens with one attached hydrogen (secondary N) is 1. The van der Waals surface area contributed by atoms with Gasteiger partial charge in [-0.15, -0.1) is 10.2 Å². The van der Waals surface area contributed by atoms with Crippen molar-refractivity contribution in [3.05, 3.63) is 63.6 Å². The van der Waals surface area contributed by atoms with Gasteiger partial charge in [0.25, 0.3) is 5.24 Å². The molecule has 1 atom stereocenters. The van der Waals surface area contributed by atoms with Crippen molar-refractivity contribution in [2.75, 3.05) is 5.75 Å². The number of carboxylic acids is 1. The Morgan fingerprint density at radius 3 is 2.49 bits per heavy atom. The van der Waals surface area contributed by atoms with Crippen LogP contribution in [0.5, 0.6) is 0 Å². The number of aliphatic carboxylic acids is 1. The minimum absolute atomic E-state index is 0.209. The van der Waals surface area contributed by atoms with E-state index in [2.05, 4.69) is 20.7 Å². The van der Waals surface area contributed by atoms with Crippen LogP contribution < -0.4 is 5.32 Å². The summed E-state index contributed by atoms with van der Waals surface area (Å²) in [7, 11) is 0. The van der Waals surface area contributed by atoms with Crippen LogP contribution in [0.25, 0.3) is 0 Å². The fourth-order valence-electron chi connectivity index (χ4n) is 2.97. The second-order valence-electron chi connectivity index (χ2n) is 7.39. The van der Waals surface area contributed by atoms with Gasteiger partial charge in [-0.25, -0.2) is 0 Å². The molecule has 0 saturated carbocycles. The van der Waals surface area contributed by atoms with Gasteiger partial charge in [0.2, 0.25) is 5.16 Å². The fourth-order valence-corrected chi connectivity index (χ4v) is 5.26. The lowest BCUT2D eigenvalue weighted by atomic mass is 10.1. The van der Waals surface area contributed by atoms with Crippen LogP contribution in [0.2, 0.25) is 10.0 Å². The summed E-state index contributed by atoms with van der Waals surface area (Å²) in [6.07, 6.45) is 0.101. The molecule has 2 N–H and O–H groups in total. The van der Waals surface area contributed by atoms with E-state index in [1.165, 1.54) is 0 Å². The maximum Gasteiger partial charge on any atom is 0.305 e. The zero-order chi connectivity index (χ0) is 25.4. The van der Waals surface area contributed by atoms with E-state index in [9.17, 15) is 19.5 Å². The topological polar surface area (TPSA) is 127 Å². The number of rotatable bonds is 11. The molecule has 0 aliphatic rings. The SMILES string of the molecule is Cc1cc(Cl)c(Sc2nnn(CC(=O)C(CC(=O)O)NC(=O)SCCc3ccccc3)n2)c(Cl)c1. The van der Waals surface area contributed by atoms with Gasteiger partial charge in [-0.05, 0) is 53.6 Å². The molecule has 0 bridgehead atoms. The van der Waals surface area contributed by atoms with Crippen molar-refractivity contribution in [1.29, 1.82) is 0 Å². The molecule has 13 heteroatoms. The molecule has 0 spiro atoms. The number of hydrogen-bond acceptors (Lipinski definition) is 8. The van der Waals surface area contributed by atoms with Gasteiger partial charge in [-0.2, -0.15) is 4.80 Å². The molecule has 0 saturated heterocycles. The van der Waals surface area contributed by atoms with E-state index >= 15 is 0 Å². The first-order chi connectivity index (χ1) is 16.7. The van der Waals surface area contributed by atoms with Crippen LogP contribution in [0.3, 0.4) is 0 Å². The molecule has 2 aromatic carbocycles. The van der Waals surface area contributed by atoms with E-state index in [-0.39, 0.29) is 11.7 Å². The smallest absolute Gasteiger partial charge is 0.305 e. The van der Waals surface area contributed by atoms with Gasteiger partial charge in [-0.1, -0.05) is 65.3 Å². The number of amides is 1. The Kier molecular flexibility index (Phi) is 9.96. The van der Waals surface area contributed by atoms with Crippen LogP contribution in [-0.4, -0.2) is 54.1 Å². The average molecular weight is 554 g/mol. The highest BCUT2D eigenvalue weighted by Gasteiger charge is 2.25. The van der Waals surface area contributed by atoms with Gasteiger partial charge in [0.15, 0.2) is 5.78 Å². The molecular weight excluding hydrogens is 533 g/mol. The van der Waals surface area contributed by atoms with Gasteiger partial charge in [0.1, 0.15) is 12.6 Å². The first-order valence-corrected chi connectivity index (χ1v) is 12.9. The normalized spacial score (nSPS) is 11.7. The zero-order valence-electron chi connectivity index (χ0n) is 18.5. The third-order valence-corrected chi connectivity index (χ3v) is 7.19. The Morgan fingerprint density at radius 1 is 1.14 bits per heavy atom. The van der Waals surface area contributed by atoms with Gasteiger partial charge >= 0.3 is 5.97 Å². The summed E-state index contributed by atoms with van der Waals surface area (Å²) in [6.45, 7) is 1.50. The molecule has 3 rings (SSSR count). The van der Waals surface area contributed by atoms with Gasteiger partial charge < -0.3 is 10.4 Å². The first-order valence-electron chi connectivity index (χ1n) is 10.3. The lowest BCUT2D eigenvalue weighted by Gasteiger charge is -2.15. The van der Waals surface area contributed by atoms with Gasteiger partial charge in [0, 0.05) is 5.75 Å². The average Bonchev–Trinajstić information content (AvgIpc) is 3.23. The Morgan fingerprint density at radius 2 is 1.83 bits per heavy atom. The lowest BCUT2D eigenvalue weighted by Crippen LogP contribution is -2.42. The van der Waals surface area contributed by atoms with Crippen LogP contribution in [0, 0.1) is 6.92 Å². The van der Waals surface area contributed by atoms with E-state index in [0.717, 1.165) is 39.4 Å². The molecule has 3 aromatic rings. The molecule has 1 unspecified atom stereocenters. The van der Waals surface area contributed by atoms with Crippen LogP contribution in [0.15, 0.2) is 52.5 Å². The third kappa shape index (κ3) is 8.53. The van der Waals surface area contributed by atoms with Crippen molar-refractivity contribution in [3.63, 3.8) is 0 Å². The molecule has 0 aliphatic carbocycles. The van der Waals surface area contributed by atoms with Crippen molar-refractivity contribution in [2.24, 2.45) is 0 Å². The molecule has 0 aliphatic heterocycles. The molecule has 35 heavy (non-hydrogen) atoms. The van der Waals surface area contributed by atoms with E-state index < -0.39 is 29.5 Å². The van der Waals surface area contributed by atoms with Crippen molar-refractivity contribution >= 4 is 63.7 Å². The van der Waals surface area contributed by atoms with Crippen molar-refractivity contribution in [3.8, 4) is 0 Å². The minimum Gasteiger partial charge on any atom is -0.481 e. The number of nitrogens with zero attached hydrogens (tertiary/aromatic N) is 4. The number of Topliss-reactive ketones (excluding diaryl/α,β-unsaturated/α-hetero) is 1. The molecule has 0 radical (unpaired) electrons. The zero-order valence-corrected chi connectivity index (χ0v) is 21.6. The number of ketones is 1. The summed E-state index contributed by atoms with van der Waals surface area (Å²) in [5.41, 5.74) is 1.97. The van der Waals surface area contributed by atoms with E-state index in [1.54, 1.807) is 12.1 Å². The lowest BCUT2D eigenvalue weighted by molar-refractivity contribution is -0.139. The van der Waals surface area contributed by atoms with Crippen LogP contribution in [0.1, 0.15) is 17.5 Å². The highest BCUT2D eigenvalue weighted by molar-refractivity contribution is 8.13. The molecule has 1 aromatic heterocycles. The molecular formula is C22H21Cl2N5O4S2. The summed E-state index contributed by atoms with van der Waals surface area (Å²) in [5.74, 6) is -1.30. The number of carboxylic acid groups (broad SMARTS) is 1. The largest absolute Gasteiger partial charge is 0.481 e. The maximum absolute atomic E-state index is 12.7. The number of benzene rings is 2. The fraction of sp³-hybridized carbons (Fsp3) is 0.273. The quantitative estimate of drug-likeness (QED) is 0.351. The van der Waals surface area contributed by atoms with Crippen molar-refractivity contribution in [2.45, 2.75) is 42.4 Å². The van der Waals surface area contributed by atoms with Crippen LogP contribution in [-0.2, 0) is 22.6 Å². The molecule has 0 fully saturated rings. The molecule has 9 nitrogen and oxygen atoms in total. The molecule has 184 valence electrons. The van der Waals surface area contributed by atoms with Gasteiger partial charge in [0.05, 0.1) is 21.4 Å². The number of carbonyl (C=O) groups is 3. The Hall–Kier alpha value is -2.60. The second kappa shape index (κ2) is 12.9. The van der Waals surface area contributed by atoms with Crippen molar-refractivity contribution < 1.29 is 19.5 Å². The minimum atomic E-state index is -1.23. The highest BCUT2D eigenvalue weighted by atomic mass is 35.5. The summed E-state index contributed by atoms with van der Waals surface area (Å²) < 4.78 is 0.